The lowest BCUT2D eigenvalue weighted by molar-refractivity contribution is 0.335. The Morgan fingerprint density at radius 3 is 2.55 bits per heavy atom. The lowest BCUT2D eigenvalue weighted by Gasteiger charge is -2.27. The third-order valence-electron chi connectivity index (χ3n) is 3.68. The van der Waals surface area contributed by atoms with Gasteiger partial charge in [0.25, 0.3) is 0 Å². The Bertz CT molecular complexity index is 601. The highest BCUT2D eigenvalue weighted by atomic mass is 35.5. The van der Waals surface area contributed by atoms with Gasteiger partial charge in [-0.2, -0.15) is 4.31 Å². The van der Waals surface area contributed by atoms with Gasteiger partial charge in [-0.3, -0.25) is 0 Å². The van der Waals surface area contributed by atoms with Crippen molar-refractivity contribution in [1.82, 2.24) is 4.31 Å². The molecule has 112 valence electrons. The second-order valence-corrected chi connectivity index (χ2v) is 7.22. The van der Waals surface area contributed by atoms with Gasteiger partial charge in [-0.25, -0.2) is 12.8 Å². The predicted molar refractivity (Wildman–Crippen MR) is 77.6 cm³/mol. The van der Waals surface area contributed by atoms with Crippen LogP contribution in [-0.4, -0.2) is 25.3 Å². The first-order valence-corrected chi connectivity index (χ1v) is 8.46. The molecule has 2 N–H and O–H groups in total. The lowest BCUT2D eigenvalue weighted by atomic mass is 10.2. The molecule has 20 heavy (non-hydrogen) atoms. The third-order valence-corrected chi connectivity index (χ3v) is 6.17. The summed E-state index contributed by atoms with van der Waals surface area (Å²) in [5.74, 6) is -0.710. The monoisotopic (exact) mass is 320 g/mol. The number of benzene rings is 1. The van der Waals surface area contributed by atoms with E-state index in [4.69, 9.17) is 17.3 Å². The van der Waals surface area contributed by atoms with Crippen LogP contribution in [0.15, 0.2) is 17.0 Å². The number of nitrogens with zero attached hydrogens (tertiary/aromatic N) is 1. The molecule has 4 nitrogen and oxygen atoms in total. The summed E-state index contributed by atoms with van der Waals surface area (Å²) in [6.45, 7) is 2.15. The Morgan fingerprint density at radius 2 is 2.00 bits per heavy atom. The largest absolute Gasteiger partial charge is 0.396 e. The minimum absolute atomic E-state index is 0.00709. The quantitative estimate of drug-likeness (QED) is 0.867. The van der Waals surface area contributed by atoms with Crippen LogP contribution in [0.5, 0.6) is 0 Å². The van der Waals surface area contributed by atoms with E-state index >= 15 is 0 Å². The van der Waals surface area contributed by atoms with Crippen molar-refractivity contribution < 1.29 is 12.8 Å². The molecule has 1 saturated carbocycles. The topological polar surface area (TPSA) is 63.4 Å². The predicted octanol–water partition coefficient (Wildman–Crippen LogP) is 3.01. The number of sulfonamides is 1. The molecule has 1 aliphatic carbocycles. The molecule has 1 aliphatic rings. The fourth-order valence-corrected chi connectivity index (χ4v) is 4.91. The third kappa shape index (κ3) is 2.77. The molecule has 1 aromatic carbocycles. The Labute approximate surface area is 123 Å². The highest BCUT2D eigenvalue weighted by Gasteiger charge is 2.33. The smallest absolute Gasteiger partial charge is 0.244 e. The molecule has 0 amide bonds. The van der Waals surface area contributed by atoms with Crippen molar-refractivity contribution in [2.75, 3.05) is 12.3 Å². The van der Waals surface area contributed by atoms with Crippen LogP contribution in [0.3, 0.4) is 0 Å². The molecule has 0 bridgehead atoms. The van der Waals surface area contributed by atoms with Gasteiger partial charge in [0.05, 0.1) is 10.7 Å². The van der Waals surface area contributed by atoms with Gasteiger partial charge in [0, 0.05) is 12.6 Å². The van der Waals surface area contributed by atoms with Crippen molar-refractivity contribution in [3.05, 3.63) is 23.0 Å². The summed E-state index contributed by atoms with van der Waals surface area (Å²) in [7, 11) is -3.75. The van der Waals surface area contributed by atoms with Crippen LogP contribution in [0.2, 0.25) is 5.02 Å². The molecule has 0 aliphatic heterocycles. The molecule has 2 rings (SSSR count). The van der Waals surface area contributed by atoms with Gasteiger partial charge >= 0.3 is 0 Å². The minimum Gasteiger partial charge on any atom is -0.396 e. The van der Waals surface area contributed by atoms with Crippen molar-refractivity contribution in [2.45, 2.75) is 43.5 Å². The number of nitrogen functional groups attached to an aromatic ring is 1. The summed E-state index contributed by atoms with van der Waals surface area (Å²) in [4.78, 5) is -0.119. The molecule has 1 aromatic rings. The first-order valence-electron chi connectivity index (χ1n) is 6.64. The number of anilines is 1. The Kier molecular flexibility index (Phi) is 4.56. The van der Waals surface area contributed by atoms with Gasteiger partial charge in [0.1, 0.15) is 10.7 Å². The molecular formula is C13H18ClFN2O2S. The zero-order chi connectivity index (χ0) is 14.9. The van der Waals surface area contributed by atoms with Gasteiger partial charge in [-0.05, 0) is 25.0 Å². The fourth-order valence-electron chi connectivity index (χ4n) is 2.69. The maximum absolute atomic E-state index is 13.3. The van der Waals surface area contributed by atoms with Crippen molar-refractivity contribution in [1.29, 1.82) is 0 Å². The molecule has 0 aromatic heterocycles. The van der Waals surface area contributed by atoms with Crippen molar-refractivity contribution >= 4 is 27.3 Å². The average Bonchev–Trinajstić information content (AvgIpc) is 2.87. The van der Waals surface area contributed by atoms with Crippen molar-refractivity contribution in [2.24, 2.45) is 0 Å². The van der Waals surface area contributed by atoms with Crippen molar-refractivity contribution in [3.63, 3.8) is 0 Å². The van der Waals surface area contributed by atoms with Gasteiger partial charge in [0.2, 0.25) is 10.0 Å². The number of rotatable bonds is 4. The van der Waals surface area contributed by atoms with E-state index < -0.39 is 15.8 Å². The van der Waals surface area contributed by atoms with E-state index in [1.54, 1.807) is 6.92 Å². The zero-order valence-corrected chi connectivity index (χ0v) is 12.8. The first-order chi connectivity index (χ1) is 9.37. The number of hydrogen-bond donors (Lipinski definition) is 1. The molecule has 0 unspecified atom stereocenters. The molecule has 0 radical (unpaired) electrons. The van der Waals surface area contributed by atoms with Gasteiger partial charge in [0.15, 0.2) is 0 Å². The second-order valence-electron chi connectivity index (χ2n) is 4.95. The summed E-state index contributed by atoms with van der Waals surface area (Å²) < 4.78 is 40.2. The first kappa shape index (κ1) is 15.5. The Hall–Kier alpha value is -0.850. The molecule has 0 saturated heterocycles. The van der Waals surface area contributed by atoms with Crippen LogP contribution in [0.4, 0.5) is 10.1 Å². The van der Waals surface area contributed by atoms with E-state index in [-0.39, 0.29) is 21.6 Å². The lowest BCUT2D eigenvalue weighted by Crippen LogP contribution is -2.38. The standard InChI is InChI=1S/C13H18ClFN2O2S/c1-2-17(9-5-3-4-6-9)20(18,19)13-8-12(16)11(15)7-10(13)14/h7-9H,2-6,16H2,1H3. The maximum atomic E-state index is 13.3. The van der Waals surface area contributed by atoms with Crippen LogP contribution in [0.25, 0.3) is 0 Å². The number of hydrogen-bond acceptors (Lipinski definition) is 3. The number of nitrogens with two attached hydrogens (primary N) is 1. The molecule has 0 heterocycles. The molecule has 1 fully saturated rings. The average molecular weight is 321 g/mol. The normalized spacial score (nSPS) is 17.0. The van der Waals surface area contributed by atoms with Crippen molar-refractivity contribution in [3.8, 4) is 0 Å². The highest BCUT2D eigenvalue weighted by molar-refractivity contribution is 7.89. The van der Waals surface area contributed by atoms with Crippen LogP contribution in [0, 0.1) is 5.82 Å². The van der Waals surface area contributed by atoms with Gasteiger partial charge < -0.3 is 5.73 Å². The van der Waals surface area contributed by atoms with Gasteiger partial charge in [-0.1, -0.05) is 31.4 Å². The Balaban J connectivity index is 2.45. The summed E-state index contributed by atoms with van der Waals surface area (Å²) >= 11 is 5.89. The van der Waals surface area contributed by atoms with Gasteiger partial charge in [-0.15, -0.1) is 0 Å². The van der Waals surface area contributed by atoms with Crippen LogP contribution in [-0.2, 0) is 10.0 Å². The Morgan fingerprint density at radius 1 is 1.40 bits per heavy atom. The van der Waals surface area contributed by atoms with E-state index in [1.807, 2.05) is 0 Å². The summed E-state index contributed by atoms with van der Waals surface area (Å²) in [6.07, 6.45) is 3.74. The fraction of sp³-hybridized carbons (Fsp3) is 0.538. The summed E-state index contributed by atoms with van der Waals surface area (Å²) in [5, 5.41) is -0.131. The van der Waals surface area contributed by atoms with Crippen LogP contribution in [0.1, 0.15) is 32.6 Å². The highest BCUT2D eigenvalue weighted by Crippen LogP contribution is 2.33. The SMILES string of the molecule is CCN(C1CCCC1)S(=O)(=O)c1cc(N)c(F)cc1Cl. The molecule has 0 atom stereocenters. The van der Waals surface area contributed by atoms with E-state index in [0.29, 0.717) is 6.54 Å². The summed E-state index contributed by atoms with van der Waals surface area (Å²) in [5.41, 5.74) is 5.25. The van der Waals surface area contributed by atoms with Crippen LogP contribution >= 0.6 is 11.6 Å². The second kappa shape index (κ2) is 5.87. The van der Waals surface area contributed by atoms with E-state index in [2.05, 4.69) is 0 Å². The summed E-state index contributed by atoms with van der Waals surface area (Å²) in [6, 6.07) is 2.05. The van der Waals surface area contributed by atoms with E-state index in [9.17, 15) is 12.8 Å². The maximum Gasteiger partial charge on any atom is 0.244 e. The molecule has 7 heteroatoms. The van der Waals surface area contributed by atoms with E-state index in [0.717, 1.165) is 37.8 Å². The van der Waals surface area contributed by atoms with Crippen LogP contribution < -0.4 is 5.73 Å². The van der Waals surface area contributed by atoms with E-state index in [1.165, 1.54) is 4.31 Å². The molecular weight excluding hydrogens is 303 g/mol. The minimum atomic E-state index is -3.75. The number of halogens is 2. The molecule has 0 spiro atoms. The zero-order valence-electron chi connectivity index (χ0n) is 11.3.